The fourth-order valence-electron chi connectivity index (χ4n) is 2.34. The molecule has 0 aliphatic rings. The van der Waals surface area contributed by atoms with E-state index in [2.05, 4.69) is 21.3 Å². The lowest BCUT2D eigenvalue weighted by Gasteiger charge is -2.12. The summed E-state index contributed by atoms with van der Waals surface area (Å²) in [7, 11) is 0. The zero-order chi connectivity index (χ0) is 19.5. The maximum atomic E-state index is 13.3. The van der Waals surface area contributed by atoms with Crippen molar-refractivity contribution in [2.75, 3.05) is 0 Å². The molecule has 3 nitrogen and oxygen atoms in total. The number of rotatable bonds is 5. The summed E-state index contributed by atoms with van der Waals surface area (Å²) in [6, 6.07) is 3.30. The van der Waals surface area contributed by atoms with E-state index >= 15 is 0 Å². The Hall–Kier alpha value is -2.71. The van der Waals surface area contributed by atoms with Gasteiger partial charge in [0, 0.05) is 11.6 Å². The molecular weight excluding hydrogens is 362 g/mol. The molecule has 140 valence electrons. The van der Waals surface area contributed by atoms with Gasteiger partial charge in [-0.1, -0.05) is 25.7 Å². The van der Waals surface area contributed by atoms with E-state index in [-0.39, 0.29) is 28.9 Å². The van der Waals surface area contributed by atoms with Crippen LogP contribution in [0.1, 0.15) is 19.2 Å². The summed E-state index contributed by atoms with van der Waals surface area (Å²) in [5.74, 6) is -0.572. The van der Waals surface area contributed by atoms with Crippen molar-refractivity contribution in [3.8, 4) is 5.75 Å². The number of aromatic amines is 1. The second kappa shape index (κ2) is 7.27. The molecule has 26 heavy (non-hydrogen) atoms. The third kappa shape index (κ3) is 4.68. The van der Waals surface area contributed by atoms with Gasteiger partial charge in [0.2, 0.25) is 0 Å². The first kappa shape index (κ1) is 19.6. The number of fused-ring (bicyclic) bond motifs is 1. The SMILES string of the molecule is C=C/C=C\C(=C(/CC)c1nc2ccc(OC(F)(F)F)cc2[nH]1)C(F)(F)F. The molecule has 0 spiro atoms. The van der Waals surface area contributed by atoms with Gasteiger partial charge >= 0.3 is 12.5 Å². The van der Waals surface area contributed by atoms with Crippen LogP contribution in [0.3, 0.4) is 0 Å². The third-order valence-electron chi connectivity index (χ3n) is 3.36. The minimum atomic E-state index is -4.87. The number of imidazole rings is 1. The highest BCUT2D eigenvalue weighted by Gasteiger charge is 2.35. The van der Waals surface area contributed by atoms with Gasteiger partial charge in [0.15, 0.2) is 0 Å². The molecule has 2 aromatic rings. The predicted octanol–water partition coefficient (Wildman–Crippen LogP) is 5.93. The molecule has 0 aliphatic heterocycles. The Morgan fingerprint density at radius 2 is 1.92 bits per heavy atom. The van der Waals surface area contributed by atoms with Crippen LogP contribution < -0.4 is 4.74 Å². The summed E-state index contributed by atoms with van der Waals surface area (Å²) in [6.45, 7) is 4.86. The van der Waals surface area contributed by atoms with Crippen LogP contribution >= 0.6 is 0 Å². The maximum Gasteiger partial charge on any atom is 0.573 e. The number of H-pyrrole nitrogens is 1. The van der Waals surface area contributed by atoms with Crippen LogP contribution in [0, 0.1) is 0 Å². The van der Waals surface area contributed by atoms with Gasteiger partial charge in [-0.2, -0.15) is 13.2 Å². The second-order valence-corrected chi connectivity index (χ2v) is 5.15. The Morgan fingerprint density at radius 1 is 1.23 bits per heavy atom. The molecule has 1 aromatic carbocycles. The standard InChI is InChI=1S/C17H14F6N2O/c1-3-5-6-12(16(18,19)20)11(4-2)15-24-13-8-7-10(9-14(13)25-15)26-17(21,22)23/h3,5-9H,1,4H2,2H3,(H,24,25)/b6-5-,12-11-. The van der Waals surface area contributed by atoms with E-state index in [4.69, 9.17) is 0 Å². The predicted molar refractivity (Wildman–Crippen MR) is 85.4 cm³/mol. The Balaban J connectivity index is 2.57. The Morgan fingerprint density at radius 3 is 2.46 bits per heavy atom. The molecular formula is C17H14F6N2O. The number of hydrogen-bond acceptors (Lipinski definition) is 2. The molecule has 1 aromatic heterocycles. The number of benzene rings is 1. The van der Waals surface area contributed by atoms with Crippen LogP contribution in [-0.2, 0) is 0 Å². The molecule has 0 unspecified atom stereocenters. The first-order chi connectivity index (χ1) is 12.0. The summed E-state index contributed by atoms with van der Waals surface area (Å²) in [5.41, 5.74) is -0.688. The molecule has 0 amide bonds. The second-order valence-electron chi connectivity index (χ2n) is 5.15. The van der Waals surface area contributed by atoms with Crippen LogP contribution in [-0.4, -0.2) is 22.5 Å². The van der Waals surface area contributed by atoms with E-state index in [0.717, 1.165) is 24.3 Å². The highest BCUT2D eigenvalue weighted by Crippen LogP contribution is 2.35. The lowest BCUT2D eigenvalue weighted by molar-refractivity contribution is -0.274. The van der Waals surface area contributed by atoms with Crippen molar-refractivity contribution >= 4 is 16.6 Å². The Bertz CT molecular complexity index is 858. The number of alkyl halides is 6. The Labute approximate surface area is 144 Å². The number of halogens is 6. The minimum Gasteiger partial charge on any atom is -0.406 e. The van der Waals surface area contributed by atoms with Gasteiger partial charge in [0.25, 0.3) is 0 Å². The van der Waals surface area contributed by atoms with Crippen molar-refractivity contribution in [1.82, 2.24) is 9.97 Å². The molecule has 0 aliphatic carbocycles. The van der Waals surface area contributed by atoms with Gasteiger partial charge in [0.1, 0.15) is 11.6 Å². The fourth-order valence-corrected chi connectivity index (χ4v) is 2.34. The van der Waals surface area contributed by atoms with E-state index < -0.39 is 23.9 Å². The largest absolute Gasteiger partial charge is 0.573 e. The molecule has 1 N–H and O–H groups in total. The summed E-state index contributed by atoms with van der Waals surface area (Å²) < 4.78 is 80.7. The number of nitrogens with zero attached hydrogens (tertiary/aromatic N) is 1. The monoisotopic (exact) mass is 376 g/mol. The minimum absolute atomic E-state index is 0.00204. The number of nitrogens with one attached hydrogen (secondary N) is 1. The highest BCUT2D eigenvalue weighted by atomic mass is 19.4. The first-order valence-electron chi connectivity index (χ1n) is 7.40. The zero-order valence-corrected chi connectivity index (χ0v) is 13.5. The van der Waals surface area contributed by atoms with Crippen molar-refractivity contribution < 1.29 is 31.1 Å². The molecule has 9 heteroatoms. The van der Waals surface area contributed by atoms with E-state index in [9.17, 15) is 26.3 Å². The van der Waals surface area contributed by atoms with Crippen LogP contribution in [0.4, 0.5) is 26.3 Å². The topological polar surface area (TPSA) is 37.9 Å². The average Bonchev–Trinajstić information content (AvgIpc) is 2.91. The highest BCUT2D eigenvalue weighted by molar-refractivity contribution is 5.81. The molecule has 0 atom stereocenters. The normalized spacial score (nSPS) is 14.0. The van der Waals surface area contributed by atoms with E-state index in [0.29, 0.717) is 0 Å². The van der Waals surface area contributed by atoms with E-state index in [1.165, 1.54) is 19.1 Å². The number of hydrogen-bond donors (Lipinski definition) is 1. The summed E-state index contributed by atoms with van der Waals surface area (Å²) >= 11 is 0. The average molecular weight is 376 g/mol. The third-order valence-corrected chi connectivity index (χ3v) is 3.36. The van der Waals surface area contributed by atoms with Crippen molar-refractivity contribution in [3.63, 3.8) is 0 Å². The van der Waals surface area contributed by atoms with Gasteiger partial charge < -0.3 is 9.72 Å². The first-order valence-corrected chi connectivity index (χ1v) is 7.40. The summed E-state index contributed by atoms with van der Waals surface area (Å²) in [6.07, 6.45) is -6.27. The molecule has 0 radical (unpaired) electrons. The smallest absolute Gasteiger partial charge is 0.406 e. The quantitative estimate of drug-likeness (QED) is 0.519. The van der Waals surface area contributed by atoms with E-state index in [1.54, 1.807) is 0 Å². The van der Waals surface area contributed by atoms with Crippen LogP contribution in [0.15, 0.2) is 48.6 Å². The molecule has 2 rings (SSSR count). The number of ether oxygens (including phenoxy) is 1. The van der Waals surface area contributed by atoms with Crippen molar-refractivity contribution in [2.24, 2.45) is 0 Å². The number of allylic oxidation sites excluding steroid dienone is 5. The van der Waals surface area contributed by atoms with Crippen LogP contribution in [0.25, 0.3) is 16.6 Å². The van der Waals surface area contributed by atoms with Gasteiger partial charge in [-0.25, -0.2) is 4.98 Å². The molecule has 0 saturated heterocycles. The lowest BCUT2D eigenvalue weighted by Crippen LogP contribution is -2.16. The molecule has 1 heterocycles. The van der Waals surface area contributed by atoms with Crippen LogP contribution in [0.2, 0.25) is 0 Å². The number of aromatic nitrogens is 2. The van der Waals surface area contributed by atoms with Gasteiger partial charge in [-0.3, -0.25) is 0 Å². The van der Waals surface area contributed by atoms with Gasteiger partial charge in [-0.15, -0.1) is 13.2 Å². The maximum absolute atomic E-state index is 13.3. The fraction of sp³-hybridized carbons (Fsp3) is 0.235. The molecule has 0 saturated carbocycles. The van der Waals surface area contributed by atoms with Crippen molar-refractivity contribution in [3.05, 3.63) is 54.4 Å². The van der Waals surface area contributed by atoms with Gasteiger partial charge in [-0.05, 0) is 24.6 Å². The zero-order valence-electron chi connectivity index (χ0n) is 13.5. The Kier molecular flexibility index (Phi) is 5.48. The lowest BCUT2D eigenvalue weighted by atomic mass is 10.0. The van der Waals surface area contributed by atoms with Crippen LogP contribution in [0.5, 0.6) is 5.75 Å². The van der Waals surface area contributed by atoms with E-state index in [1.807, 2.05) is 0 Å². The van der Waals surface area contributed by atoms with Gasteiger partial charge in [0.05, 0.1) is 16.6 Å². The summed E-state index contributed by atoms with van der Waals surface area (Å²) in [5, 5.41) is 0. The van der Waals surface area contributed by atoms with Crippen molar-refractivity contribution in [1.29, 1.82) is 0 Å². The molecule has 0 bridgehead atoms. The van der Waals surface area contributed by atoms with Crippen molar-refractivity contribution in [2.45, 2.75) is 25.9 Å². The molecule has 0 fully saturated rings. The summed E-state index contributed by atoms with van der Waals surface area (Å²) in [4.78, 5) is 6.68.